The first-order chi connectivity index (χ1) is 26.3. The largest absolute Gasteiger partial charge is 0.469 e. The summed E-state index contributed by atoms with van der Waals surface area (Å²) in [5, 5.41) is 0. The number of carbonyl (C=O) groups is 2. The van der Waals surface area contributed by atoms with Crippen LogP contribution < -0.4 is 0 Å². The van der Waals surface area contributed by atoms with E-state index in [0.717, 1.165) is 77.0 Å². The monoisotopic (exact) mass is 770 g/mol. The molecule has 0 bridgehead atoms. The van der Waals surface area contributed by atoms with Crippen molar-refractivity contribution in [1.82, 2.24) is 0 Å². The van der Waals surface area contributed by atoms with Gasteiger partial charge in [0.2, 0.25) is 0 Å². The van der Waals surface area contributed by atoms with Crippen LogP contribution in [0.5, 0.6) is 0 Å². The zero-order chi connectivity index (χ0) is 39.6. The number of phosphoric acid groups is 1. The maximum absolute atomic E-state index is 12.4. The number of allylic oxidation sites excluding steroid dienone is 18. The van der Waals surface area contributed by atoms with E-state index in [1.165, 1.54) is 25.7 Å². The summed E-state index contributed by atoms with van der Waals surface area (Å²) in [7, 11) is -4.79. The normalized spacial score (nSPS) is 13.6. The lowest BCUT2D eigenvalue weighted by Crippen LogP contribution is -2.29. The summed E-state index contributed by atoms with van der Waals surface area (Å²) in [4.78, 5) is 42.8. The zero-order valence-electron chi connectivity index (χ0n) is 33.3. The second kappa shape index (κ2) is 39.4. The maximum atomic E-state index is 12.4. The lowest BCUT2D eigenvalue weighted by molar-refractivity contribution is -0.161. The van der Waals surface area contributed by atoms with Crippen LogP contribution in [0, 0.1) is 0 Å². The Morgan fingerprint density at radius 1 is 0.500 bits per heavy atom. The van der Waals surface area contributed by atoms with Crippen molar-refractivity contribution in [3.63, 3.8) is 0 Å². The molecule has 0 heterocycles. The molecule has 0 saturated heterocycles. The lowest BCUT2D eigenvalue weighted by Gasteiger charge is -2.18. The first-order valence-electron chi connectivity index (χ1n) is 20.2. The molecule has 54 heavy (non-hydrogen) atoms. The van der Waals surface area contributed by atoms with Crippen LogP contribution >= 0.6 is 7.82 Å². The van der Waals surface area contributed by atoms with Crippen molar-refractivity contribution in [2.45, 2.75) is 148 Å². The van der Waals surface area contributed by atoms with Crippen LogP contribution in [0.25, 0.3) is 0 Å². The third-order valence-corrected chi connectivity index (χ3v) is 8.27. The standard InChI is InChI=1S/C45H71O8P/c1-3-5-7-9-11-13-15-17-19-21-22-24-26-28-30-32-34-36-38-40-45(47)53-43(42-52-54(48,49)50)41-51-44(46)39-37-35-33-31-29-27-25-23-20-18-16-14-12-10-8-6-4-2/h5,7,11-14,17-20,22,24-25,27-28,30,34,36,43H,3-4,6,8-10,15-16,21,23,26,29,31-33,35,37-42H2,1-2H3,(H2,48,49,50)/b7-5+,13-11+,14-12+,19-17+,20-18+,24-22+,27-25+,30-28+,36-34+/t43-/m1/s1. The summed E-state index contributed by atoms with van der Waals surface area (Å²) >= 11 is 0. The predicted molar refractivity (Wildman–Crippen MR) is 225 cm³/mol. The van der Waals surface area contributed by atoms with Crippen LogP contribution in [-0.2, 0) is 28.2 Å². The average Bonchev–Trinajstić information content (AvgIpc) is 3.14. The fourth-order valence-corrected chi connectivity index (χ4v) is 5.18. The molecule has 0 aliphatic rings. The Morgan fingerprint density at radius 2 is 0.926 bits per heavy atom. The first-order valence-corrected chi connectivity index (χ1v) is 21.7. The van der Waals surface area contributed by atoms with E-state index in [9.17, 15) is 14.2 Å². The molecule has 0 fully saturated rings. The molecule has 9 heteroatoms. The Hall–Kier alpha value is -3.29. The molecule has 0 unspecified atom stereocenters. The van der Waals surface area contributed by atoms with Crippen molar-refractivity contribution in [1.29, 1.82) is 0 Å². The number of ether oxygens (including phenoxy) is 2. The molecular formula is C45H71O8P. The van der Waals surface area contributed by atoms with Crippen molar-refractivity contribution in [2.24, 2.45) is 0 Å². The molecule has 0 rings (SSSR count). The summed E-state index contributed by atoms with van der Waals surface area (Å²) in [6, 6.07) is 0. The number of phosphoric ester groups is 1. The second-order valence-electron chi connectivity index (χ2n) is 12.9. The smallest absolute Gasteiger partial charge is 0.462 e. The van der Waals surface area contributed by atoms with Crippen molar-refractivity contribution < 1.29 is 37.9 Å². The van der Waals surface area contributed by atoms with E-state index in [1.807, 2.05) is 12.2 Å². The van der Waals surface area contributed by atoms with Gasteiger partial charge < -0.3 is 19.3 Å². The summed E-state index contributed by atoms with van der Waals surface area (Å²) in [5.74, 6) is -1.02. The molecule has 0 aromatic heterocycles. The topological polar surface area (TPSA) is 119 Å². The van der Waals surface area contributed by atoms with Crippen LogP contribution in [0.1, 0.15) is 142 Å². The lowest BCUT2D eigenvalue weighted by atomic mass is 10.1. The molecule has 0 aromatic carbocycles. The van der Waals surface area contributed by atoms with Gasteiger partial charge in [-0.1, -0.05) is 149 Å². The van der Waals surface area contributed by atoms with E-state index in [4.69, 9.17) is 19.3 Å². The van der Waals surface area contributed by atoms with E-state index < -0.39 is 32.5 Å². The van der Waals surface area contributed by atoms with Crippen LogP contribution in [0.15, 0.2) is 109 Å². The fraction of sp³-hybridized carbons (Fsp3) is 0.556. The third-order valence-electron chi connectivity index (χ3n) is 7.79. The van der Waals surface area contributed by atoms with Crippen molar-refractivity contribution in [3.8, 4) is 0 Å². The van der Waals surface area contributed by atoms with Crippen LogP contribution in [0.4, 0.5) is 0 Å². The second-order valence-corrected chi connectivity index (χ2v) is 14.1. The van der Waals surface area contributed by atoms with Gasteiger partial charge in [-0.3, -0.25) is 14.1 Å². The Bertz CT molecular complexity index is 1230. The van der Waals surface area contributed by atoms with Gasteiger partial charge in [0.05, 0.1) is 6.61 Å². The Morgan fingerprint density at radius 3 is 1.39 bits per heavy atom. The SMILES string of the molecule is CC/C=C/C/C=C/C/C=C/C/C=C/C/C=C/C/C=C/CCC(=O)O[C@H](COC(=O)CCCCCC/C=C/C/C=C/C/C=C/CCCCC)COP(=O)(O)O. The van der Waals surface area contributed by atoms with Gasteiger partial charge in [0.25, 0.3) is 0 Å². The van der Waals surface area contributed by atoms with E-state index >= 15 is 0 Å². The predicted octanol–water partition coefficient (Wildman–Crippen LogP) is 12.4. The molecule has 1 atom stereocenters. The molecule has 0 aliphatic heterocycles. The molecule has 0 radical (unpaired) electrons. The minimum Gasteiger partial charge on any atom is -0.462 e. The fourth-order valence-electron chi connectivity index (χ4n) is 4.82. The van der Waals surface area contributed by atoms with Gasteiger partial charge in [-0.25, -0.2) is 4.57 Å². The molecule has 0 spiro atoms. The molecule has 0 aliphatic carbocycles. The minimum absolute atomic E-state index is 0.0747. The van der Waals surface area contributed by atoms with Crippen molar-refractivity contribution in [2.75, 3.05) is 13.2 Å². The highest BCUT2D eigenvalue weighted by atomic mass is 31.2. The molecule has 0 aromatic rings. The Kier molecular flexibility index (Phi) is 37.0. The number of hydrogen-bond acceptors (Lipinski definition) is 6. The quantitative estimate of drug-likeness (QED) is 0.0283. The summed E-state index contributed by atoms with van der Waals surface area (Å²) in [5.41, 5.74) is 0. The highest BCUT2D eigenvalue weighted by molar-refractivity contribution is 7.46. The highest BCUT2D eigenvalue weighted by Gasteiger charge is 2.22. The average molecular weight is 771 g/mol. The van der Waals surface area contributed by atoms with Gasteiger partial charge in [-0.2, -0.15) is 0 Å². The van der Waals surface area contributed by atoms with Crippen LogP contribution in [0.2, 0.25) is 0 Å². The number of esters is 2. The summed E-state index contributed by atoms with van der Waals surface area (Å²) in [6.45, 7) is 3.44. The van der Waals surface area contributed by atoms with E-state index in [-0.39, 0.29) is 19.4 Å². The van der Waals surface area contributed by atoms with Gasteiger partial charge in [0.1, 0.15) is 6.61 Å². The van der Waals surface area contributed by atoms with Crippen molar-refractivity contribution in [3.05, 3.63) is 109 Å². The molecule has 0 saturated carbocycles. The van der Waals surface area contributed by atoms with Gasteiger partial charge >= 0.3 is 19.8 Å². The van der Waals surface area contributed by atoms with Crippen LogP contribution in [-0.4, -0.2) is 41.0 Å². The van der Waals surface area contributed by atoms with Crippen LogP contribution in [0.3, 0.4) is 0 Å². The highest BCUT2D eigenvalue weighted by Crippen LogP contribution is 2.35. The van der Waals surface area contributed by atoms with E-state index in [1.54, 1.807) is 0 Å². The van der Waals surface area contributed by atoms with Gasteiger partial charge in [0, 0.05) is 12.8 Å². The molecule has 8 nitrogen and oxygen atoms in total. The number of unbranched alkanes of at least 4 members (excludes halogenated alkanes) is 7. The number of hydrogen-bond donors (Lipinski definition) is 2. The molecular weight excluding hydrogens is 699 g/mol. The van der Waals surface area contributed by atoms with Gasteiger partial charge in [-0.05, 0) is 89.9 Å². The third kappa shape index (κ3) is 41.5. The minimum atomic E-state index is -4.79. The molecule has 304 valence electrons. The summed E-state index contributed by atoms with van der Waals surface area (Å²) < 4.78 is 26.3. The Balaban J connectivity index is 4.15. The molecule has 2 N–H and O–H groups in total. The first kappa shape index (κ1) is 50.7. The number of carbonyl (C=O) groups excluding carboxylic acids is 2. The van der Waals surface area contributed by atoms with Gasteiger partial charge in [0.15, 0.2) is 6.10 Å². The van der Waals surface area contributed by atoms with E-state index in [0.29, 0.717) is 12.8 Å². The van der Waals surface area contributed by atoms with Gasteiger partial charge in [-0.15, -0.1) is 0 Å². The Labute approximate surface area is 327 Å². The maximum Gasteiger partial charge on any atom is 0.469 e. The molecule has 0 amide bonds. The number of rotatable bonds is 35. The summed E-state index contributed by atoms with van der Waals surface area (Å²) in [6.07, 6.45) is 55.3. The van der Waals surface area contributed by atoms with E-state index in [2.05, 4.69) is 116 Å². The zero-order valence-corrected chi connectivity index (χ0v) is 34.2. The van der Waals surface area contributed by atoms with Crippen molar-refractivity contribution >= 4 is 19.8 Å².